The van der Waals surface area contributed by atoms with Gasteiger partial charge in [0.2, 0.25) is 11.7 Å². The van der Waals surface area contributed by atoms with Gasteiger partial charge in [-0.05, 0) is 66.8 Å². The van der Waals surface area contributed by atoms with Crippen LogP contribution in [0.3, 0.4) is 0 Å². The van der Waals surface area contributed by atoms with Crippen molar-refractivity contribution < 1.29 is 13.7 Å². The van der Waals surface area contributed by atoms with Crippen molar-refractivity contribution in [2.45, 2.75) is 25.8 Å². The van der Waals surface area contributed by atoms with Crippen molar-refractivity contribution in [1.82, 2.24) is 24.3 Å². The standard InChI is InChI=1S/C25H19FN6O3/c26-18-7-2-6-17(12-18)22-28-24(35-30-22)20-8-3-11-31-23(20)29-32(25(31)34)14-21(33)27-19-10-9-15-4-1-5-16(15)13-19/h2-3,6-13H,1,4-5,14H2,(H,27,33). The number of nitrogens with zero attached hydrogens (tertiary/aromatic N) is 5. The van der Waals surface area contributed by atoms with Crippen LogP contribution >= 0.6 is 0 Å². The minimum Gasteiger partial charge on any atom is -0.333 e. The van der Waals surface area contributed by atoms with Crippen molar-refractivity contribution in [1.29, 1.82) is 0 Å². The van der Waals surface area contributed by atoms with Crippen molar-refractivity contribution >= 4 is 17.2 Å². The van der Waals surface area contributed by atoms with E-state index in [4.69, 9.17) is 4.52 Å². The van der Waals surface area contributed by atoms with Crippen molar-refractivity contribution in [3.63, 3.8) is 0 Å². The average molecular weight is 470 g/mol. The first kappa shape index (κ1) is 21.0. The van der Waals surface area contributed by atoms with E-state index in [1.165, 1.54) is 27.7 Å². The predicted octanol–water partition coefficient (Wildman–Crippen LogP) is 3.48. The Morgan fingerprint density at radius 3 is 2.86 bits per heavy atom. The normalized spacial score (nSPS) is 12.7. The van der Waals surface area contributed by atoms with Gasteiger partial charge in [0.05, 0.1) is 5.56 Å². The van der Waals surface area contributed by atoms with Gasteiger partial charge in [-0.15, -0.1) is 5.10 Å². The third-order valence-electron chi connectivity index (χ3n) is 6.02. The van der Waals surface area contributed by atoms with E-state index in [2.05, 4.69) is 20.6 Å². The van der Waals surface area contributed by atoms with Crippen LogP contribution in [0, 0.1) is 5.82 Å². The molecule has 2 aromatic carbocycles. The van der Waals surface area contributed by atoms with E-state index in [9.17, 15) is 14.0 Å². The first-order chi connectivity index (χ1) is 17.0. The number of anilines is 1. The van der Waals surface area contributed by atoms with E-state index in [0.717, 1.165) is 23.9 Å². The first-order valence-corrected chi connectivity index (χ1v) is 11.1. The summed E-state index contributed by atoms with van der Waals surface area (Å²) >= 11 is 0. The summed E-state index contributed by atoms with van der Waals surface area (Å²) in [6, 6.07) is 15.1. The smallest absolute Gasteiger partial charge is 0.333 e. The van der Waals surface area contributed by atoms with Crippen molar-refractivity contribution in [2.75, 3.05) is 5.32 Å². The number of benzene rings is 2. The highest BCUT2D eigenvalue weighted by atomic mass is 19.1. The number of rotatable bonds is 5. The molecule has 1 amide bonds. The SMILES string of the molecule is O=C(Cn1nc2c(-c3nc(-c4cccc(F)c4)no3)cccn2c1=O)Nc1ccc2c(c1)CCC2. The lowest BCUT2D eigenvalue weighted by Gasteiger charge is -2.07. The molecule has 3 heterocycles. The molecular weight excluding hydrogens is 451 g/mol. The lowest BCUT2D eigenvalue weighted by molar-refractivity contribution is -0.117. The molecule has 0 fully saturated rings. The molecule has 0 saturated carbocycles. The summed E-state index contributed by atoms with van der Waals surface area (Å²) < 4.78 is 21.3. The minimum absolute atomic E-state index is 0.120. The van der Waals surface area contributed by atoms with Crippen LogP contribution in [0.15, 0.2) is 70.1 Å². The molecule has 1 aliphatic rings. The van der Waals surface area contributed by atoms with Crippen LogP contribution in [0.5, 0.6) is 0 Å². The number of hydrogen-bond acceptors (Lipinski definition) is 6. The number of nitrogens with one attached hydrogen (secondary N) is 1. The minimum atomic E-state index is -0.476. The fourth-order valence-electron chi connectivity index (χ4n) is 4.37. The molecule has 3 aromatic heterocycles. The molecule has 1 N–H and O–H groups in total. The van der Waals surface area contributed by atoms with E-state index in [-0.39, 0.29) is 29.8 Å². The summed E-state index contributed by atoms with van der Waals surface area (Å²) in [7, 11) is 0. The summed E-state index contributed by atoms with van der Waals surface area (Å²) in [6.07, 6.45) is 4.74. The zero-order chi connectivity index (χ0) is 23.9. The Hall–Kier alpha value is -4.60. The molecule has 0 radical (unpaired) electrons. The van der Waals surface area contributed by atoms with E-state index < -0.39 is 11.5 Å². The molecule has 0 atom stereocenters. The topological polar surface area (TPSA) is 107 Å². The number of amides is 1. The molecule has 0 saturated heterocycles. The third-order valence-corrected chi connectivity index (χ3v) is 6.02. The van der Waals surface area contributed by atoms with Gasteiger partial charge in [-0.1, -0.05) is 23.4 Å². The fraction of sp³-hybridized carbons (Fsp3) is 0.160. The second-order valence-corrected chi connectivity index (χ2v) is 8.37. The van der Waals surface area contributed by atoms with Crippen molar-refractivity contribution in [3.8, 4) is 22.8 Å². The number of aryl methyl sites for hydroxylation is 2. The van der Waals surface area contributed by atoms with Crippen LogP contribution < -0.4 is 11.0 Å². The van der Waals surface area contributed by atoms with Crippen molar-refractivity contribution in [3.05, 3.63) is 88.2 Å². The molecule has 174 valence electrons. The second-order valence-electron chi connectivity index (χ2n) is 8.37. The van der Waals surface area contributed by atoms with Gasteiger partial charge in [0.15, 0.2) is 5.65 Å². The molecule has 5 aromatic rings. The van der Waals surface area contributed by atoms with Gasteiger partial charge in [0.25, 0.3) is 5.89 Å². The van der Waals surface area contributed by atoms with Crippen LogP contribution in [0.25, 0.3) is 28.5 Å². The summed E-state index contributed by atoms with van der Waals surface area (Å²) in [5.41, 5.74) is 3.91. The van der Waals surface area contributed by atoms with Crippen molar-refractivity contribution in [2.24, 2.45) is 0 Å². The Bertz CT molecular complexity index is 1650. The van der Waals surface area contributed by atoms with Gasteiger partial charge < -0.3 is 9.84 Å². The molecule has 0 bridgehead atoms. The highest BCUT2D eigenvalue weighted by Crippen LogP contribution is 2.26. The quantitative estimate of drug-likeness (QED) is 0.422. The molecule has 6 rings (SSSR count). The van der Waals surface area contributed by atoms with E-state index in [1.54, 1.807) is 30.5 Å². The summed E-state index contributed by atoms with van der Waals surface area (Å²) in [5.74, 6) is -0.452. The van der Waals surface area contributed by atoms with Gasteiger partial charge in [-0.2, -0.15) is 4.98 Å². The first-order valence-electron chi connectivity index (χ1n) is 11.1. The number of carbonyl (C=O) groups is 1. The highest BCUT2D eigenvalue weighted by molar-refractivity contribution is 5.90. The third kappa shape index (κ3) is 3.88. The van der Waals surface area contributed by atoms with Crippen LogP contribution in [-0.4, -0.2) is 30.2 Å². The number of halogens is 1. The van der Waals surface area contributed by atoms with Gasteiger partial charge in [0, 0.05) is 17.4 Å². The second kappa shape index (κ2) is 8.32. The van der Waals surface area contributed by atoms with Crippen LogP contribution in [-0.2, 0) is 24.2 Å². The van der Waals surface area contributed by atoms with Gasteiger partial charge >= 0.3 is 5.69 Å². The van der Waals surface area contributed by atoms with Crippen LogP contribution in [0.2, 0.25) is 0 Å². The number of pyridine rings is 1. The molecule has 10 heteroatoms. The van der Waals surface area contributed by atoms with E-state index >= 15 is 0 Å². The predicted molar refractivity (Wildman–Crippen MR) is 125 cm³/mol. The average Bonchev–Trinajstić information content (AvgIpc) is 3.59. The monoisotopic (exact) mass is 470 g/mol. The summed E-state index contributed by atoms with van der Waals surface area (Å²) in [4.78, 5) is 29.9. The maximum absolute atomic E-state index is 13.6. The zero-order valence-corrected chi connectivity index (χ0v) is 18.4. The molecule has 1 aliphatic carbocycles. The number of hydrogen-bond donors (Lipinski definition) is 1. The number of carbonyl (C=O) groups excluding carboxylic acids is 1. The zero-order valence-electron chi connectivity index (χ0n) is 18.4. The fourth-order valence-corrected chi connectivity index (χ4v) is 4.37. The summed E-state index contributed by atoms with van der Waals surface area (Å²) in [6.45, 7) is -0.255. The van der Waals surface area contributed by atoms with Crippen LogP contribution in [0.1, 0.15) is 17.5 Å². The Balaban J connectivity index is 1.28. The molecule has 0 aliphatic heterocycles. The maximum atomic E-state index is 13.6. The lowest BCUT2D eigenvalue weighted by atomic mass is 10.1. The van der Waals surface area contributed by atoms with Gasteiger partial charge in [-0.3, -0.25) is 4.79 Å². The molecule has 9 nitrogen and oxygen atoms in total. The Labute approximate surface area is 197 Å². The lowest BCUT2D eigenvalue weighted by Crippen LogP contribution is -2.28. The Morgan fingerprint density at radius 2 is 1.97 bits per heavy atom. The highest BCUT2D eigenvalue weighted by Gasteiger charge is 2.19. The van der Waals surface area contributed by atoms with E-state index in [0.29, 0.717) is 16.8 Å². The Morgan fingerprint density at radius 1 is 1.09 bits per heavy atom. The van der Waals surface area contributed by atoms with E-state index in [1.807, 2.05) is 18.2 Å². The van der Waals surface area contributed by atoms with Crippen LogP contribution in [0.4, 0.5) is 10.1 Å². The number of fused-ring (bicyclic) bond motifs is 2. The molecule has 0 spiro atoms. The molecule has 35 heavy (non-hydrogen) atoms. The summed E-state index contributed by atoms with van der Waals surface area (Å²) in [5, 5.41) is 11.1. The molecular formula is C25H19FN6O3. The number of aromatic nitrogens is 5. The Kier molecular flexibility index (Phi) is 4.98. The van der Waals surface area contributed by atoms with Gasteiger partial charge in [0.1, 0.15) is 12.4 Å². The maximum Gasteiger partial charge on any atom is 0.350 e. The largest absolute Gasteiger partial charge is 0.350 e. The van der Waals surface area contributed by atoms with Gasteiger partial charge in [-0.25, -0.2) is 18.3 Å². The molecule has 0 unspecified atom stereocenters.